The summed E-state index contributed by atoms with van der Waals surface area (Å²) in [6, 6.07) is 1.53. The molecule has 0 aromatic heterocycles. The number of esters is 1. The number of amides is 2. The Labute approximate surface area is 309 Å². The Hall–Kier alpha value is -4.78. The molecule has 6 rings (SSSR count). The van der Waals surface area contributed by atoms with Gasteiger partial charge in [-0.1, -0.05) is 6.07 Å². The van der Waals surface area contributed by atoms with Gasteiger partial charge in [0.1, 0.15) is 23.4 Å². The lowest BCUT2D eigenvalue weighted by atomic mass is 9.71. The van der Waals surface area contributed by atoms with E-state index in [1.165, 1.54) is 6.92 Å². The lowest BCUT2D eigenvalue weighted by Crippen LogP contribution is -2.69. The number of ether oxygens (including phenoxy) is 7. The fourth-order valence-corrected chi connectivity index (χ4v) is 8.45. The van der Waals surface area contributed by atoms with Crippen LogP contribution in [0.3, 0.4) is 0 Å². The summed E-state index contributed by atoms with van der Waals surface area (Å²) in [6.45, 7) is 11.9. The number of hydrogen-bond donors (Lipinski definition) is 2. The number of fused-ring (bicyclic) bond motifs is 9. The van der Waals surface area contributed by atoms with E-state index in [0.717, 1.165) is 22.3 Å². The highest BCUT2D eigenvalue weighted by Crippen LogP contribution is 2.58. The lowest BCUT2D eigenvalue weighted by Gasteiger charge is -2.60. The molecule has 2 bridgehead atoms. The van der Waals surface area contributed by atoms with E-state index in [0.29, 0.717) is 52.7 Å². The Morgan fingerprint density at radius 3 is 2.42 bits per heavy atom. The fourth-order valence-electron chi connectivity index (χ4n) is 8.45. The number of nitrogens with zero attached hydrogens (tertiary/aromatic N) is 3. The fraction of sp³-hybridized carbons (Fsp3) is 0.579. The summed E-state index contributed by atoms with van der Waals surface area (Å²) < 4.78 is 40.9. The van der Waals surface area contributed by atoms with Crippen molar-refractivity contribution in [2.45, 2.75) is 103 Å². The van der Waals surface area contributed by atoms with Crippen molar-refractivity contribution in [3.05, 3.63) is 39.4 Å². The van der Waals surface area contributed by atoms with Gasteiger partial charge in [0, 0.05) is 54.9 Å². The molecular formula is C38H49N5O10. The van der Waals surface area contributed by atoms with Gasteiger partial charge in [-0.2, -0.15) is 5.26 Å². The van der Waals surface area contributed by atoms with Crippen molar-refractivity contribution < 1.29 is 47.5 Å². The van der Waals surface area contributed by atoms with Gasteiger partial charge < -0.3 is 43.8 Å². The molecule has 0 radical (unpaired) electrons. The molecule has 53 heavy (non-hydrogen) atoms. The van der Waals surface area contributed by atoms with Gasteiger partial charge in [-0.05, 0) is 72.6 Å². The molecule has 0 aliphatic carbocycles. The number of piperazine rings is 1. The van der Waals surface area contributed by atoms with Gasteiger partial charge in [0.2, 0.25) is 12.7 Å². The van der Waals surface area contributed by atoms with E-state index in [1.54, 1.807) is 41.9 Å². The van der Waals surface area contributed by atoms with Crippen LogP contribution < -0.4 is 34.3 Å². The first-order valence-corrected chi connectivity index (χ1v) is 17.7. The molecule has 15 heteroatoms. The van der Waals surface area contributed by atoms with Crippen LogP contribution in [0.15, 0.2) is 6.07 Å². The van der Waals surface area contributed by atoms with E-state index in [4.69, 9.17) is 33.2 Å². The van der Waals surface area contributed by atoms with Crippen molar-refractivity contribution in [2.75, 3.05) is 41.4 Å². The number of alkyl carbamates (subject to hydrolysis) is 1. The summed E-state index contributed by atoms with van der Waals surface area (Å²) in [5, 5.41) is 16.6. The molecule has 2 aromatic rings. The second kappa shape index (κ2) is 14.6. The molecule has 2 amide bonds. The smallest absolute Gasteiger partial charge is 0.408 e. The van der Waals surface area contributed by atoms with E-state index in [9.17, 15) is 19.6 Å². The molecule has 0 saturated carbocycles. The summed E-state index contributed by atoms with van der Waals surface area (Å²) >= 11 is 0. The van der Waals surface area contributed by atoms with Crippen molar-refractivity contribution in [3.8, 4) is 34.8 Å². The number of nitriles is 1. The molecule has 1 fully saturated rings. The summed E-state index contributed by atoms with van der Waals surface area (Å²) in [4.78, 5) is 43.2. The van der Waals surface area contributed by atoms with E-state index in [-0.39, 0.29) is 32.2 Å². The van der Waals surface area contributed by atoms with E-state index in [1.807, 2.05) is 20.9 Å². The molecule has 4 aliphatic heterocycles. The molecule has 2 N–H and O–H groups in total. The molecule has 6 atom stereocenters. The quantitative estimate of drug-likeness (QED) is 0.217. The third-order valence-corrected chi connectivity index (χ3v) is 10.4. The van der Waals surface area contributed by atoms with Gasteiger partial charge in [-0.25, -0.2) is 4.79 Å². The van der Waals surface area contributed by atoms with Crippen molar-refractivity contribution in [3.63, 3.8) is 0 Å². The Morgan fingerprint density at radius 2 is 1.77 bits per heavy atom. The number of rotatable bonds is 9. The van der Waals surface area contributed by atoms with Crippen LogP contribution in [0.1, 0.15) is 80.1 Å². The van der Waals surface area contributed by atoms with Crippen molar-refractivity contribution in [1.82, 2.24) is 20.4 Å². The summed E-state index contributed by atoms with van der Waals surface area (Å²) in [5.41, 5.74) is 4.12. The second-order valence-electron chi connectivity index (χ2n) is 15.0. The molecule has 286 valence electrons. The molecule has 4 heterocycles. The average Bonchev–Trinajstić information content (AvgIpc) is 3.57. The Kier molecular flexibility index (Phi) is 10.4. The largest absolute Gasteiger partial charge is 0.493 e. The first-order valence-electron chi connectivity index (χ1n) is 17.7. The highest BCUT2D eigenvalue weighted by molar-refractivity contribution is 5.85. The minimum atomic E-state index is -0.940. The zero-order chi connectivity index (χ0) is 38.5. The van der Waals surface area contributed by atoms with Crippen LogP contribution in [0.5, 0.6) is 28.7 Å². The maximum Gasteiger partial charge on any atom is 0.408 e. The highest BCUT2D eigenvalue weighted by Gasteiger charge is 2.57. The van der Waals surface area contributed by atoms with Gasteiger partial charge in [0.05, 0.1) is 25.3 Å². The third kappa shape index (κ3) is 6.79. The number of hydrogen-bond acceptors (Lipinski definition) is 13. The normalized spacial score (nSPS) is 23.4. The van der Waals surface area contributed by atoms with Crippen LogP contribution in [-0.4, -0.2) is 98.9 Å². The standard InChI is InChI=1S/C38H49N5O10/c1-18-11-22-12-24-26(14-39)43-25(30(42(24)8)28(22)34(31(18)48-10)49-16-47-9)13-23-29(35-33(50-17-51-35)19(2)32(23)52-21(4)44)27(43)15-40-36(45)20(3)41-37(46)53-38(5,6)7/h11,20,24-27,30H,12-13,15-17H2,1-10H3,(H,40,45)(H,41,46)/t20-,24+,25-,26-,27-,30-/m0/s1. The van der Waals surface area contributed by atoms with Crippen LogP contribution >= 0.6 is 0 Å². The molecule has 2 aromatic carbocycles. The number of carbonyl (C=O) groups excluding carboxylic acids is 3. The Morgan fingerprint density at radius 1 is 1.06 bits per heavy atom. The molecular weight excluding hydrogens is 686 g/mol. The summed E-state index contributed by atoms with van der Waals surface area (Å²) in [5.74, 6) is 1.48. The van der Waals surface area contributed by atoms with Crippen LogP contribution in [0.4, 0.5) is 4.79 Å². The van der Waals surface area contributed by atoms with Crippen LogP contribution in [0.25, 0.3) is 0 Å². The molecule has 0 unspecified atom stereocenters. The number of aryl methyl sites for hydroxylation is 1. The zero-order valence-electron chi connectivity index (χ0n) is 32.0. The number of nitrogens with one attached hydrogen (secondary N) is 2. The van der Waals surface area contributed by atoms with Crippen LogP contribution in [0, 0.1) is 25.2 Å². The number of likely N-dealkylation sites (N-methyl/N-ethyl adjacent to an activating group) is 1. The van der Waals surface area contributed by atoms with E-state index < -0.39 is 47.7 Å². The first-order chi connectivity index (χ1) is 25.1. The van der Waals surface area contributed by atoms with Gasteiger partial charge in [0.15, 0.2) is 29.8 Å². The molecule has 15 nitrogen and oxygen atoms in total. The predicted octanol–water partition coefficient (Wildman–Crippen LogP) is 3.75. The van der Waals surface area contributed by atoms with E-state index in [2.05, 4.69) is 32.6 Å². The zero-order valence-corrected chi connectivity index (χ0v) is 32.0. The average molecular weight is 736 g/mol. The lowest BCUT2D eigenvalue weighted by molar-refractivity contribution is -0.132. The second-order valence-corrected chi connectivity index (χ2v) is 15.0. The van der Waals surface area contributed by atoms with Gasteiger partial charge in [0.25, 0.3) is 0 Å². The topological polar surface area (TPSA) is 170 Å². The van der Waals surface area contributed by atoms with Gasteiger partial charge in [-0.15, -0.1) is 0 Å². The monoisotopic (exact) mass is 735 g/mol. The van der Waals surface area contributed by atoms with Gasteiger partial charge >= 0.3 is 12.1 Å². The van der Waals surface area contributed by atoms with Crippen molar-refractivity contribution in [1.29, 1.82) is 5.26 Å². The number of carbonyl (C=O) groups is 3. The summed E-state index contributed by atoms with van der Waals surface area (Å²) in [7, 11) is 5.18. The molecule has 4 aliphatic rings. The SMILES string of the molecule is COCOc1c(OC)c(C)cc2c1[C@@H]1[C@@H]3Cc4c(OC(C)=O)c(C)c5c(c4[C@H](CNC(=O)[C@H](C)NC(=O)OC(C)(C)C)N3[C@@H](C#N)[C@@H](C2)N1C)OCO5. The maximum atomic E-state index is 13.6. The van der Waals surface area contributed by atoms with Crippen LogP contribution in [0.2, 0.25) is 0 Å². The molecule has 0 spiro atoms. The van der Waals surface area contributed by atoms with Crippen LogP contribution in [-0.2, 0) is 31.9 Å². The summed E-state index contributed by atoms with van der Waals surface area (Å²) in [6.07, 6.45) is 0.182. The minimum Gasteiger partial charge on any atom is -0.493 e. The van der Waals surface area contributed by atoms with E-state index >= 15 is 0 Å². The molecule has 1 saturated heterocycles. The number of methoxy groups -OCH3 is 2. The number of benzene rings is 2. The third-order valence-electron chi connectivity index (χ3n) is 10.4. The highest BCUT2D eigenvalue weighted by atomic mass is 16.7. The Bertz CT molecular complexity index is 1850. The van der Waals surface area contributed by atoms with Crippen molar-refractivity contribution in [2.24, 2.45) is 0 Å². The minimum absolute atomic E-state index is 0.00636. The van der Waals surface area contributed by atoms with Crippen molar-refractivity contribution >= 4 is 18.0 Å². The van der Waals surface area contributed by atoms with Gasteiger partial charge in [-0.3, -0.25) is 19.4 Å². The first kappa shape index (κ1) is 38.0. The maximum absolute atomic E-state index is 13.6. The Balaban J connectivity index is 1.51. The predicted molar refractivity (Wildman–Crippen MR) is 190 cm³/mol.